The Morgan fingerprint density at radius 1 is 1.11 bits per heavy atom. The number of carbonyl (C=O) groups excluding carboxylic acids is 1. The number of rotatable bonds is 9. The topological polar surface area (TPSA) is 99.4 Å². The average Bonchev–Trinajstić information content (AvgIpc) is 3.50. The molecule has 2 heterocycles. The molecule has 4 rings (SSSR count). The van der Waals surface area contributed by atoms with E-state index >= 15 is 0 Å². The summed E-state index contributed by atoms with van der Waals surface area (Å²) in [5.41, 5.74) is 1.72. The Kier molecular flexibility index (Phi) is 8.13. The number of nitrogens with zero attached hydrogens (tertiary/aromatic N) is 3. The average molecular weight is 534 g/mol. The summed E-state index contributed by atoms with van der Waals surface area (Å²) in [6.07, 6.45) is 1.01. The van der Waals surface area contributed by atoms with Gasteiger partial charge in [0, 0.05) is 19.7 Å². The molecule has 3 aromatic rings. The van der Waals surface area contributed by atoms with Gasteiger partial charge in [0.1, 0.15) is 27.8 Å². The molecule has 0 spiro atoms. The molecule has 1 saturated heterocycles. The van der Waals surface area contributed by atoms with E-state index in [1.807, 2.05) is 30.5 Å². The van der Waals surface area contributed by atoms with Crippen LogP contribution in [0.2, 0.25) is 0 Å². The Hall–Kier alpha value is -2.73. The van der Waals surface area contributed by atoms with Crippen molar-refractivity contribution in [2.75, 3.05) is 34.0 Å². The minimum absolute atomic E-state index is 0.177. The first-order valence-electron chi connectivity index (χ1n) is 11.8. The summed E-state index contributed by atoms with van der Waals surface area (Å²) < 4.78 is 47.3. The quantitative estimate of drug-likeness (QED) is 0.391. The number of hydrogen-bond donors (Lipinski definition) is 0. The summed E-state index contributed by atoms with van der Waals surface area (Å²) in [6.45, 7) is 5.51. The number of ether oxygens (including phenoxy) is 3. The SMILES string of the molecule is CCOCCn1c(=NC(=O)C2CCCN2S(=O)(=O)c2ccc(C)cc2)sc2c(OC)ccc(OC)c21. The van der Waals surface area contributed by atoms with E-state index in [0.717, 1.165) is 15.8 Å². The number of methoxy groups -OCH3 is 2. The fourth-order valence-electron chi connectivity index (χ4n) is 4.34. The molecule has 0 bridgehead atoms. The van der Waals surface area contributed by atoms with E-state index < -0.39 is 22.0 Å². The predicted molar refractivity (Wildman–Crippen MR) is 138 cm³/mol. The van der Waals surface area contributed by atoms with Gasteiger partial charge in [0.25, 0.3) is 5.91 Å². The number of amides is 1. The largest absolute Gasteiger partial charge is 0.495 e. The van der Waals surface area contributed by atoms with E-state index in [0.29, 0.717) is 48.9 Å². The van der Waals surface area contributed by atoms with Crippen LogP contribution in [0.4, 0.5) is 0 Å². The van der Waals surface area contributed by atoms with Gasteiger partial charge in [0.2, 0.25) is 10.0 Å². The molecule has 1 aliphatic rings. The van der Waals surface area contributed by atoms with E-state index in [-0.39, 0.29) is 11.4 Å². The van der Waals surface area contributed by atoms with Gasteiger partial charge in [0.05, 0.1) is 25.7 Å². The third-order valence-corrected chi connectivity index (χ3v) is 9.19. The Bertz CT molecular complexity index is 1410. The van der Waals surface area contributed by atoms with Crippen molar-refractivity contribution in [3.63, 3.8) is 0 Å². The first kappa shape index (κ1) is 26.3. The van der Waals surface area contributed by atoms with Crippen molar-refractivity contribution in [2.24, 2.45) is 4.99 Å². The molecule has 1 amide bonds. The number of carbonyl (C=O) groups is 1. The van der Waals surface area contributed by atoms with Gasteiger partial charge < -0.3 is 18.8 Å². The normalized spacial score (nSPS) is 17.1. The standard InChI is InChI=1S/C25H31N3O6S2/c1-5-34-16-15-27-22-20(32-3)12-13-21(33-4)23(22)35-25(27)26-24(29)19-7-6-14-28(19)36(30,31)18-10-8-17(2)9-11-18/h8-13,19H,5-7,14-16H2,1-4H3. The van der Waals surface area contributed by atoms with Crippen LogP contribution in [-0.4, -0.2) is 63.2 Å². The van der Waals surface area contributed by atoms with Crippen molar-refractivity contribution in [1.29, 1.82) is 0 Å². The van der Waals surface area contributed by atoms with E-state index in [1.54, 1.807) is 38.5 Å². The number of benzene rings is 2. The summed E-state index contributed by atoms with van der Waals surface area (Å²) in [5.74, 6) is 0.772. The maximum atomic E-state index is 13.5. The van der Waals surface area contributed by atoms with E-state index in [1.165, 1.54) is 15.6 Å². The maximum Gasteiger partial charge on any atom is 0.266 e. The molecular formula is C25H31N3O6S2. The molecule has 36 heavy (non-hydrogen) atoms. The van der Waals surface area contributed by atoms with E-state index in [2.05, 4.69) is 4.99 Å². The molecule has 1 atom stereocenters. The molecule has 11 heteroatoms. The van der Waals surface area contributed by atoms with Crippen molar-refractivity contribution >= 4 is 37.5 Å². The molecule has 194 valence electrons. The lowest BCUT2D eigenvalue weighted by atomic mass is 10.2. The van der Waals surface area contributed by atoms with Crippen LogP contribution < -0.4 is 14.3 Å². The second-order valence-electron chi connectivity index (χ2n) is 8.42. The number of fused-ring (bicyclic) bond motifs is 1. The van der Waals surface area contributed by atoms with Crippen LogP contribution in [0, 0.1) is 6.92 Å². The molecule has 1 aromatic heterocycles. The number of hydrogen-bond acceptors (Lipinski definition) is 7. The van der Waals surface area contributed by atoms with Crippen LogP contribution in [0.15, 0.2) is 46.3 Å². The lowest BCUT2D eigenvalue weighted by Crippen LogP contribution is -2.40. The number of thiazole rings is 1. The fourth-order valence-corrected chi connectivity index (χ4v) is 7.16. The number of sulfonamides is 1. The second-order valence-corrected chi connectivity index (χ2v) is 11.3. The van der Waals surface area contributed by atoms with Crippen molar-refractivity contribution in [1.82, 2.24) is 8.87 Å². The molecule has 0 aliphatic carbocycles. The highest BCUT2D eigenvalue weighted by Crippen LogP contribution is 2.35. The summed E-state index contributed by atoms with van der Waals surface area (Å²) in [6, 6.07) is 9.42. The molecule has 1 fully saturated rings. The minimum Gasteiger partial charge on any atom is -0.495 e. The minimum atomic E-state index is -3.83. The summed E-state index contributed by atoms with van der Waals surface area (Å²) >= 11 is 1.30. The van der Waals surface area contributed by atoms with Crippen molar-refractivity contribution in [3.8, 4) is 11.5 Å². The third-order valence-electron chi connectivity index (χ3n) is 6.18. The highest BCUT2D eigenvalue weighted by atomic mass is 32.2. The van der Waals surface area contributed by atoms with Crippen LogP contribution in [0.3, 0.4) is 0 Å². The van der Waals surface area contributed by atoms with Gasteiger partial charge in [-0.25, -0.2) is 8.42 Å². The fraction of sp³-hybridized carbons (Fsp3) is 0.440. The highest BCUT2D eigenvalue weighted by Gasteiger charge is 2.39. The zero-order chi connectivity index (χ0) is 25.9. The van der Waals surface area contributed by atoms with Crippen molar-refractivity contribution < 1.29 is 27.4 Å². The van der Waals surface area contributed by atoms with Gasteiger partial charge in [-0.05, 0) is 51.0 Å². The third kappa shape index (κ3) is 5.06. The van der Waals surface area contributed by atoms with Gasteiger partial charge in [-0.15, -0.1) is 0 Å². The molecule has 1 unspecified atom stereocenters. The van der Waals surface area contributed by atoms with Crippen molar-refractivity contribution in [2.45, 2.75) is 44.2 Å². The Morgan fingerprint density at radius 2 is 1.81 bits per heavy atom. The Balaban J connectivity index is 1.77. The molecular weight excluding hydrogens is 502 g/mol. The van der Waals surface area contributed by atoms with Crippen LogP contribution in [0.25, 0.3) is 10.2 Å². The summed E-state index contributed by atoms with van der Waals surface area (Å²) in [4.78, 5) is 18.5. The van der Waals surface area contributed by atoms with Crippen LogP contribution in [-0.2, 0) is 26.1 Å². The number of aryl methyl sites for hydroxylation is 1. The zero-order valence-electron chi connectivity index (χ0n) is 20.9. The van der Waals surface area contributed by atoms with Crippen LogP contribution in [0.5, 0.6) is 11.5 Å². The predicted octanol–water partition coefficient (Wildman–Crippen LogP) is 3.35. The lowest BCUT2D eigenvalue weighted by molar-refractivity contribution is -0.121. The monoisotopic (exact) mass is 533 g/mol. The van der Waals surface area contributed by atoms with E-state index in [9.17, 15) is 13.2 Å². The van der Waals surface area contributed by atoms with Gasteiger partial charge in [-0.2, -0.15) is 9.30 Å². The van der Waals surface area contributed by atoms with Crippen molar-refractivity contribution in [3.05, 3.63) is 46.8 Å². The van der Waals surface area contributed by atoms with E-state index in [4.69, 9.17) is 14.2 Å². The molecule has 0 radical (unpaired) electrons. The molecule has 0 saturated carbocycles. The zero-order valence-corrected chi connectivity index (χ0v) is 22.5. The van der Waals surface area contributed by atoms with Crippen LogP contribution in [0.1, 0.15) is 25.3 Å². The number of aromatic nitrogens is 1. The first-order valence-corrected chi connectivity index (χ1v) is 14.1. The molecule has 1 aliphatic heterocycles. The molecule has 0 N–H and O–H groups in total. The van der Waals surface area contributed by atoms with Gasteiger partial charge in [0.15, 0.2) is 4.80 Å². The van der Waals surface area contributed by atoms with Gasteiger partial charge in [-0.1, -0.05) is 29.0 Å². The summed E-state index contributed by atoms with van der Waals surface area (Å²) in [7, 11) is -0.660. The smallest absolute Gasteiger partial charge is 0.266 e. The highest BCUT2D eigenvalue weighted by molar-refractivity contribution is 7.89. The lowest BCUT2D eigenvalue weighted by Gasteiger charge is -2.21. The summed E-state index contributed by atoms with van der Waals surface area (Å²) in [5, 5.41) is 0. The maximum absolute atomic E-state index is 13.5. The molecule has 2 aromatic carbocycles. The first-order chi connectivity index (χ1) is 17.3. The van der Waals surface area contributed by atoms with Crippen LogP contribution >= 0.6 is 11.3 Å². The van der Waals surface area contributed by atoms with Gasteiger partial charge >= 0.3 is 0 Å². The van der Waals surface area contributed by atoms with Gasteiger partial charge in [-0.3, -0.25) is 4.79 Å². The molecule has 9 nitrogen and oxygen atoms in total. The Morgan fingerprint density at radius 3 is 2.47 bits per heavy atom. The second kappa shape index (κ2) is 11.1. The Labute approximate surface area is 215 Å².